The van der Waals surface area contributed by atoms with Crippen molar-refractivity contribution in [3.05, 3.63) is 48.0 Å². The van der Waals surface area contributed by atoms with E-state index in [0.717, 1.165) is 24.5 Å². The molecule has 0 bridgehead atoms. The first-order valence-electron chi connectivity index (χ1n) is 6.12. The maximum atomic E-state index is 4.33. The molecule has 0 aliphatic carbocycles. The number of imidazole rings is 1. The standard InChI is InChI=1S/C14H19N3S/c1-15-11-12-4-3-5-13(10-12)18-9-6-14-16-7-8-17(14)2/h3-5,7-8,10,15H,6,9,11H2,1-2H3. The third kappa shape index (κ3) is 3.62. The zero-order valence-electron chi connectivity index (χ0n) is 10.9. The van der Waals surface area contributed by atoms with E-state index in [9.17, 15) is 0 Å². The second kappa shape index (κ2) is 6.61. The molecule has 4 heteroatoms. The fourth-order valence-electron chi connectivity index (χ4n) is 1.85. The molecule has 0 saturated heterocycles. The average Bonchev–Trinajstić information content (AvgIpc) is 2.76. The van der Waals surface area contributed by atoms with Crippen molar-refractivity contribution in [2.75, 3.05) is 12.8 Å². The molecule has 0 radical (unpaired) electrons. The van der Waals surface area contributed by atoms with Crippen molar-refractivity contribution in [3.8, 4) is 0 Å². The molecule has 1 heterocycles. The van der Waals surface area contributed by atoms with E-state index in [4.69, 9.17) is 0 Å². The van der Waals surface area contributed by atoms with Crippen molar-refractivity contribution in [2.45, 2.75) is 17.9 Å². The van der Waals surface area contributed by atoms with Crippen LogP contribution >= 0.6 is 11.8 Å². The van der Waals surface area contributed by atoms with E-state index in [0.29, 0.717) is 0 Å². The largest absolute Gasteiger partial charge is 0.338 e. The van der Waals surface area contributed by atoms with E-state index >= 15 is 0 Å². The zero-order valence-corrected chi connectivity index (χ0v) is 11.7. The van der Waals surface area contributed by atoms with Gasteiger partial charge in [0.2, 0.25) is 0 Å². The number of hydrogen-bond donors (Lipinski definition) is 1. The molecule has 18 heavy (non-hydrogen) atoms. The van der Waals surface area contributed by atoms with Gasteiger partial charge in [-0.15, -0.1) is 11.8 Å². The van der Waals surface area contributed by atoms with E-state index in [1.54, 1.807) is 0 Å². The monoisotopic (exact) mass is 261 g/mol. The minimum Gasteiger partial charge on any atom is -0.338 e. The Hall–Kier alpha value is -1.26. The number of nitrogens with zero attached hydrogens (tertiary/aromatic N) is 2. The lowest BCUT2D eigenvalue weighted by atomic mass is 10.2. The van der Waals surface area contributed by atoms with Crippen LogP contribution < -0.4 is 5.32 Å². The van der Waals surface area contributed by atoms with Crippen molar-refractivity contribution in [1.82, 2.24) is 14.9 Å². The minimum absolute atomic E-state index is 0.924. The molecule has 0 fully saturated rings. The number of aromatic nitrogens is 2. The second-order valence-corrected chi connectivity index (χ2v) is 5.40. The van der Waals surface area contributed by atoms with E-state index in [1.807, 2.05) is 38.3 Å². The molecular formula is C14H19N3S. The fourth-order valence-corrected chi connectivity index (χ4v) is 2.78. The van der Waals surface area contributed by atoms with Gasteiger partial charge in [-0.2, -0.15) is 0 Å². The third-order valence-electron chi connectivity index (χ3n) is 2.79. The van der Waals surface area contributed by atoms with Crippen molar-refractivity contribution in [3.63, 3.8) is 0 Å². The topological polar surface area (TPSA) is 29.9 Å². The Morgan fingerprint density at radius 2 is 2.28 bits per heavy atom. The van der Waals surface area contributed by atoms with Gasteiger partial charge >= 0.3 is 0 Å². The number of hydrogen-bond acceptors (Lipinski definition) is 3. The minimum atomic E-state index is 0.924. The normalized spacial score (nSPS) is 10.8. The molecule has 0 amide bonds. The zero-order chi connectivity index (χ0) is 12.8. The van der Waals surface area contributed by atoms with Crippen molar-refractivity contribution in [1.29, 1.82) is 0 Å². The summed E-state index contributed by atoms with van der Waals surface area (Å²) in [5.74, 6) is 2.21. The Morgan fingerprint density at radius 1 is 1.39 bits per heavy atom. The third-order valence-corrected chi connectivity index (χ3v) is 3.79. The van der Waals surface area contributed by atoms with Crippen LogP contribution in [0.4, 0.5) is 0 Å². The van der Waals surface area contributed by atoms with Gasteiger partial charge in [0.05, 0.1) is 0 Å². The summed E-state index contributed by atoms with van der Waals surface area (Å²) in [6.07, 6.45) is 4.85. The van der Waals surface area contributed by atoms with Crippen LogP contribution in [0.1, 0.15) is 11.4 Å². The van der Waals surface area contributed by atoms with Gasteiger partial charge in [0, 0.05) is 43.1 Å². The fraction of sp³-hybridized carbons (Fsp3) is 0.357. The molecule has 2 aromatic rings. The van der Waals surface area contributed by atoms with Crippen LogP contribution in [0.2, 0.25) is 0 Å². The van der Waals surface area contributed by atoms with Crippen LogP contribution in [0, 0.1) is 0 Å². The molecule has 1 N–H and O–H groups in total. The first-order chi connectivity index (χ1) is 8.79. The van der Waals surface area contributed by atoms with Crippen LogP contribution in [0.15, 0.2) is 41.6 Å². The summed E-state index contributed by atoms with van der Waals surface area (Å²) in [6, 6.07) is 8.69. The lowest BCUT2D eigenvalue weighted by molar-refractivity contribution is 0.810. The summed E-state index contributed by atoms with van der Waals surface area (Å²) in [7, 11) is 4.02. The number of aryl methyl sites for hydroxylation is 2. The summed E-state index contributed by atoms with van der Waals surface area (Å²) in [5, 5.41) is 3.17. The number of thioether (sulfide) groups is 1. The molecule has 1 aromatic carbocycles. The predicted octanol–water partition coefficient (Wildman–Crippen LogP) is 2.47. The Morgan fingerprint density at radius 3 is 3.00 bits per heavy atom. The molecule has 96 valence electrons. The summed E-state index contributed by atoms with van der Waals surface area (Å²) < 4.78 is 2.08. The molecule has 0 aliphatic rings. The van der Waals surface area contributed by atoms with Gasteiger partial charge in [-0.25, -0.2) is 4.98 Å². The highest BCUT2D eigenvalue weighted by molar-refractivity contribution is 7.99. The molecule has 0 atom stereocenters. The molecule has 1 aromatic heterocycles. The Kier molecular flexibility index (Phi) is 4.84. The van der Waals surface area contributed by atoms with Crippen LogP contribution in [0.5, 0.6) is 0 Å². The molecular weight excluding hydrogens is 242 g/mol. The number of nitrogens with one attached hydrogen (secondary N) is 1. The summed E-state index contributed by atoms with van der Waals surface area (Å²) in [4.78, 5) is 5.66. The molecule has 2 rings (SSSR count). The first-order valence-corrected chi connectivity index (χ1v) is 7.10. The number of rotatable bonds is 6. The van der Waals surface area contributed by atoms with Crippen molar-refractivity contribution < 1.29 is 0 Å². The van der Waals surface area contributed by atoms with Gasteiger partial charge in [-0.1, -0.05) is 12.1 Å². The van der Waals surface area contributed by atoms with Crippen LogP contribution in [0.25, 0.3) is 0 Å². The van der Waals surface area contributed by atoms with Gasteiger partial charge in [0.15, 0.2) is 0 Å². The quantitative estimate of drug-likeness (QED) is 0.810. The van der Waals surface area contributed by atoms with Crippen molar-refractivity contribution >= 4 is 11.8 Å². The molecule has 0 saturated carbocycles. The first kappa shape index (κ1) is 13.2. The van der Waals surface area contributed by atoms with Gasteiger partial charge in [0.25, 0.3) is 0 Å². The predicted molar refractivity (Wildman–Crippen MR) is 76.8 cm³/mol. The lowest BCUT2D eigenvalue weighted by Gasteiger charge is -2.05. The summed E-state index contributed by atoms with van der Waals surface area (Å²) in [5.41, 5.74) is 1.33. The maximum Gasteiger partial charge on any atom is 0.109 e. The van der Waals surface area contributed by atoms with Gasteiger partial charge < -0.3 is 9.88 Å². The van der Waals surface area contributed by atoms with Crippen LogP contribution in [-0.2, 0) is 20.0 Å². The summed E-state index contributed by atoms with van der Waals surface area (Å²) in [6.45, 7) is 0.924. The average molecular weight is 261 g/mol. The highest BCUT2D eigenvalue weighted by Crippen LogP contribution is 2.20. The van der Waals surface area contributed by atoms with Crippen molar-refractivity contribution in [2.24, 2.45) is 7.05 Å². The smallest absolute Gasteiger partial charge is 0.109 e. The van der Waals surface area contributed by atoms with E-state index in [2.05, 4.69) is 39.1 Å². The van der Waals surface area contributed by atoms with Crippen LogP contribution in [-0.4, -0.2) is 22.4 Å². The van der Waals surface area contributed by atoms with Gasteiger partial charge in [-0.3, -0.25) is 0 Å². The molecule has 0 spiro atoms. The molecule has 0 unspecified atom stereocenters. The number of benzene rings is 1. The van der Waals surface area contributed by atoms with Gasteiger partial charge in [0.1, 0.15) is 5.82 Å². The van der Waals surface area contributed by atoms with E-state index in [1.165, 1.54) is 10.5 Å². The molecule has 0 aliphatic heterocycles. The lowest BCUT2D eigenvalue weighted by Crippen LogP contribution is -2.04. The highest BCUT2D eigenvalue weighted by Gasteiger charge is 2.01. The Labute approximate surface area is 113 Å². The SMILES string of the molecule is CNCc1cccc(SCCc2nccn2C)c1. The highest BCUT2D eigenvalue weighted by atomic mass is 32.2. The Balaban J connectivity index is 1.86. The van der Waals surface area contributed by atoms with E-state index < -0.39 is 0 Å². The maximum absolute atomic E-state index is 4.33. The second-order valence-electron chi connectivity index (χ2n) is 4.23. The van der Waals surface area contributed by atoms with Crippen LogP contribution in [0.3, 0.4) is 0 Å². The summed E-state index contributed by atoms with van der Waals surface area (Å²) >= 11 is 1.89. The molecule has 3 nitrogen and oxygen atoms in total. The van der Waals surface area contributed by atoms with Gasteiger partial charge in [-0.05, 0) is 24.7 Å². The Bertz CT molecular complexity index is 493. The van der Waals surface area contributed by atoms with E-state index in [-0.39, 0.29) is 0 Å².